The van der Waals surface area contributed by atoms with Crippen LogP contribution in [0.25, 0.3) is 5.69 Å². The van der Waals surface area contributed by atoms with Gasteiger partial charge in [0.15, 0.2) is 0 Å². The highest BCUT2D eigenvalue weighted by Gasteiger charge is 2.23. The zero-order valence-electron chi connectivity index (χ0n) is 13.7. The minimum atomic E-state index is -0.0363. The van der Waals surface area contributed by atoms with Crippen LogP contribution in [-0.2, 0) is 0 Å². The van der Waals surface area contributed by atoms with Crippen LogP contribution < -0.4 is 5.32 Å². The Bertz CT molecular complexity index is 803. The Morgan fingerprint density at radius 3 is 2.56 bits per heavy atom. The van der Waals surface area contributed by atoms with Crippen molar-refractivity contribution in [1.82, 2.24) is 35.3 Å². The zero-order chi connectivity index (χ0) is 17.1. The van der Waals surface area contributed by atoms with Crippen LogP contribution in [0.4, 0.5) is 0 Å². The van der Waals surface area contributed by atoms with Crippen molar-refractivity contribution in [2.75, 3.05) is 0 Å². The summed E-state index contributed by atoms with van der Waals surface area (Å²) >= 11 is 0. The van der Waals surface area contributed by atoms with Gasteiger partial charge in [-0.15, -0.1) is 5.10 Å². The highest BCUT2D eigenvalue weighted by atomic mass is 16.1. The van der Waals surface area contributed by atoms with Gasteiger partial charge in [0.05, 0.1) is 11.7 Å². The fourth-order valence-corrected chi connectivity index (χ4v) is 3.30. The Hall–Kier alpha value is -3.03. The SMILES string of the molecule is O=C(NC1CCC(n2cccn2)CC1)c1ccc(-n2cnnn2)cc1. The average molecular weight is 337 g/mol. The lowest BCUT2D eigenvalue weighted by atomic mass is 9.91. The Kier molecular flexibility index (Phi) is 4.24. The molecule has 0 radical (unpaired) electrons. The maximum absolute atomic E-state index is 12.4. The number of amides is 1. The van der Waals surface area contributed by atoms with Crippen LogP contribution in [0.3, 0.4) is 0 Å². The van der Waals surface area contributed by atoms with Gasteiger partial charge in [-0.05, 0) is 66.4 Å². The summed E-state index contributed by atoms with van der Waals surface area (Å²) < 4.78 is 3.58. The molecule has 25 heavy (non-hydrogen) atoms. The third kappa shape index (κ3) is 3.42. The topological polar surface area (TPSA) is 90.5 Å². The molecule has 0 unspecified atom stereocenters. The molecule has 1 saturated carbocycles. The number of aromatic nitrogens is 6. The average Bonchev–Trinajstić information content (AvgIpc) is 3.36. The Balaban J connectivity index is 1.33. The fourth-order valence-electron chi connectivity index (χ4n) is 3.30. The third-order valence-corrected chi connectivity index (χ3v) is 4.67. The first kappa shape index (κ1) is 15.5. The van der Waals surface area contributed by atoms with Gasteiger partial charge < -0.3 is 5.32 Å². The number of hydrogen-bond donors (Lipinski definition) is 1. The molecule has 2 heterocycles. The molecule has 0 aliphatic heterocycles. The van der Waals surface area contributed by atoms with Crippen molar-refractivity contribution >= 4 is 5.91 Å². The van der Waals surface area contributed by atoms with Crippen LogP contribution in [0.5, 0.6) is 0 Å². The van der Waals surface area contributed by atoms with E-state index in [0.717, 1.165) is 31.4 Å². The molecule has 1 aromatic carbocycles. The molecule has 0 spiro atoms. The summed E-state index contributed by atoms with van der Waals surface area (Å²) in [6.07, 6.45) is 9.35. The van der Waals surface area contributed by atoms with Gasteiger partial charge in [-0.2, -0.15) is 5.10 Å². The first-order valence-corrected chi connectivity index (χ1v) is 8.43. The van der Waals surface area contributed by atoms with E-state index in [9.17, 15) is 4.79 Å². The van der Waals surface area contributed by atoms with E-state index in [4.69, 9.17) is 0 Å². The van der Waals surface area contributed by atoms with Gasteiger partial charge in [0, 0.05) is 24.0 Å². The Morgan fingerprint density at radius 2 is 1.92 bits per heavy atom. The number of nitrogens with one attached hydrogen (secondary N) is 1. The van der Waals surface area contributed by atoms with Crippen molar-refractivity contribution in [2.45, 2.75) is 37.8 Å². The summed E-state index contributed by atoms with van der Waals surface area (Å²) in [5.74, 6) is -0.0363. The number of nitrogens with zero attached hydrogens (tertiary/aromatic N) is 6. The molecule has 3 aromatic rings. The van der Waals surface area contributed by atoms with Crippen molar-refractivity contribution in [1.29, 1.82) is 0 Å². The summed E-state index contributed by atoms with van der Waals surface area (Å²) in [5.41, 5.74) is 1.47. The largest absolute Gasteiger partial charge is 0.349 e. The normalized spacial score (nSPS) is 20.3. The van der Waals surface area contributed by atoms with Gasteiger partial charge in [0.25, 0.3) is 5.91 Å². The second kappa shape index (κ2) is 6.84. The van der Waals surface area contributed by atoms with Crippen LogP contribution in [0.2, 0.25) is 0 Å². The van der Waals surface area contributed by atoms with E-state index < -0.39 is 0 Å². The smallest absolute Gasteiger partial charge is 0.251 e. The molecule has 0 bridgehead atoms. The van der Waals surface area contributed by atoms with E-state index in [1.54, 1.807) is 16.8 Å². The lowest BCUT2D eigenvalue weighted by molar-refractivity contribution is 0.0921. The first-order chi connectivity index (χ1) is 12.3. The maximum Gasteiger partial charge on any atom is 0.251 e. The highest BCUT2D eigenvalue weighted by molar-refractivity contribution is 5.94. The quantitative estimate of drug-likeness (QED) is 0.783. The minimum Gasteiger partial charge on any atom is -0.349 e. The van der Waals surface area contributed by atoms with E-state index >= 15 is 0 Å². The highest BCUT2D eigenvalue weighted by Crippen LogP contribution is 2.27. The van der Waals surface area contributed by atoms with Crippen molar-refractivity contribution in [3.8, 4) is 5.69 Å². The molecule has 1 aliphatic rings. The van der Waals surface area contributed by atoms with Crippen molar-refractivity contribution in [2.24, 2.45) is 0 Å². The molecule has 1 aliphatic carbocycles. The molecule has 128 valence electrons. The Labute approximate surface area is 144 Å². The zero-order valence-corrected chi connectivity index (χ0v) is 13.7. The van der Waals surface area contributed by atoms with E-state index in [1.807, 2.05) is 35.3 Å². The maximum atomic E-state index is 12.4. The molecule has 1 N–H and O–H groups in total. The molecule has 8 nitrogen and oxygen atoms in total. The number of hydrogen-bond acceptors (Lipinski definition) is 5. The fraction of sp³-hybridized carbons (Fsp3) is 0.353. The van der Waals surface area contributed by atoms with Gasteiger partial charge in [-0.3, -0.25) is 9.48 Å². The second-order valence-electron chi connectivity index (χ2n) is 6.27. The number of tetrazole rings is 1. The van der Waals surface area contributed by atoms with Crippen molar-refractivity contribution in [3.05, 3.63) is 54.6 Å². The molecule has 2 aromatic heterocycles. The summed E-state index contributed by atoms with van der Waals surface area (Å²) in [6.45, 7) is 0. The molecule has 0 atom stereocenters. The first-order valence-electron chi connectivity index (χ1n) is 8.43. The summed E-state index contributed by atoms with van der Waals surface area (Å²) in [6, 6.07) is 9.87. The van der Waals surface area contributed by atoms with Crippen LogP contribution in [0.15, 0.2) is 49.1 Å². The third-order valence-electron chi connectivity index (χ3n) is 4.67. The molecule has 1 fully saturated rings. The van der Waals surface area contributed by atoms with Gasteiger partial charge in [-0.25, -0.2) is 4.68 Å². The van der Waals surface area contributed by atoms with Crippen LogP contribution in [0, 0.1) is 0 Å². The molecule has 0 saturated heterocycles. The van der Waals surface area contributed by atoms with Gasteiger partial charge in [0.2, 0.25) is 0 Å². The number of rotatable bonds is 4. The second-order valence-corrected chi connectivity index (χ2v) is 6.27. The Morgan fingerprint density at radius 1 is 1.12 bits per heavy atom. The number of carbonyl (C=O) groups is 1. The minimum absolute atomic E-state index is 0.0363. The van der Waals surface area contributed by atoms with Crippen molar-refractivity contribution in [3.63, 3.8) is 0 Å². The standard InChI is InChI=1S/C17H19N7O/c25-17(13-2-6-16(7-3-13)24-12-18-21-22-24)20-14-4-8-15(9-5-14)23-11-1-10-19-23/h1-3,6-7,10-12,14-15H,4-5,8-9H2,(H,20,25). The van der Waals surface area contributed by atoms with Crippen LogP contribution >= 0.6 is 0 Å². The summed E-state index contributed by atoms with van der Waals surface area (Å²) in [4.78, 5) is 12.4. The van der Waals surface area contributed by atoms with E-state index in [0.29, 0.717) is 11.6 Å². The number of carbonyl (C=O) groups excluding carboxylic acids is 1. The molecular formula is C17H19N7O. The predicted octanol–water partition coefficient (Wildman–Crippen LogP) is 1.77. The van der Waals surface area contributed by atoms with Crippen molar-refractivity contribution < 1.29 is 4.79 Å². The van der Waals surface area contributed by atoms with Crippen LogP contribution in [0.1, 0.15) is 42.1 Å². The predicted molar refractivity (Wildman–Crippen MR) is 90.1 cm³/mol. The van der Waals surface area contributed by atoms with Crippen LogP contribution in [-0.4, -0.2) is 41.9 Å². The van der Waals surface area contributed by atoms with Gasteiger partial charge in [0.1, 0.15) is 6.33 Å². The molecular weight excluding hydrogens is 318 g/mol. The molecule has 4 rings (SSSR count). The molecule has 8 heteroatoms. The van der Waals surface area contributed by atoms with E-state index in [-0.39, 0.29) is 11.9 Å². The lowest BCUT2D eigenvalue weighted by Crippen LogP contribution is -2.38. The van der Waals surface area contributed by atoms with Gasteiger partial charge >= 0.3 is 0 Å². The monoisotopic (exact) mass is 337 g/mol. The summed E-state index contributed by atoms with van der Waals surface area (Å²) in [5, 5.41) is 18.5. The van der Waals surface area contributed by atoms with E-state index in [2.05, 4.69) is 25.9 Å². The van der Waals surface area contributed by atoms with Gasteiger partial charge in [-0.1, -0.05) is 0 Å². The summed E-state index contributed by atoms with van der Waals surface area (Å²) in [7, 11) is 0. The number of benzene rings is 1. The lowest BCUT2D eigenvalue weighted by Gasteiger charge is -2.29. The van der Waals surface area contributed by atoms with E-state index in [1.165, 1.54) is 6.33 Å². The molecule has 1 amide bonds.